The van der Waals surface area contributed by atoms with Crippen LogP contribution in [0.3, 0.4) is 0 Å². The van der Waals surface area contributed by atoms with Crippen molar-refractivity contribution in [3.8, 4) is 11.5 Å². The molecule has 2 aliphatic rings. The van der Waals surface area contributed by atoms with Gasteiger partial charge in [-0.1, -0.05) is 13.8 Å². The Labute approximate surface area is 243 Å². The molecule has 14 heteroatoms. The summed E-state index contributed by atoms with van der Waals surface area (Å²) in [7, 11) is 2.75. The average Bonchev–Trinajstić information content (AvgIpc) is 3.20. The molecule has 1 aromatic rings. The molecule has 1 aliphatic carbocycles. The van der Waals surface area contributed by atoms with Crippen LogP contribution in [-0.4, -0.2) is 78.0 Å². The number of amides is 4. The van der Waals surface area contributed by atoms with Crippen LogP contribution in [-0.2, 0) is 19.1 Å². The van der Waals surface area contributed by atoms with Crippen molar-refractivity contribution in [3.05, 3.63) is 27.8 Å². The number of likely N-dealkylation sites (tertiary alicyclic amines) is 1. The first kappa shape index (κ1) is 32.0. The van der Waals surface area contributed by atoms with Crippen molar-refractivity contribution in [2.45, 2.75) is 63.1 Å². The maximum atomic E-state index is 12.7. The van der Waals surface area contributed by atoms with Gasteiger partial charge in [-0.25, -0.2) is 4.79 Å². The molecule has 3 rings (SSSR count). The van der Waals surface area contributed by atoms with E-state index in [-0.39, 0.29) is 78.3 Å². The zero-order valence-electron chi connectivity index (χ0n) is 24.0. The number of rotatable bonds is 14. The topological polar surface area (TPSA) is 166 Å². The Kier molecular flexibility index (Phi) is 11.2. The summed E-state index contributed by atoms with van der Waals surface area (Å²) < 4.78 is 16.1. The number of nitrogens with zero attached hydrogens (tertiary/aromatic N) is 2. The largest absolute Gasteiger partial charge is 0.493 e. The molecule has 4 atom stereocenters. The number of thioether (sulfide) groups is 1. The van der Waals surface area contributed by atoms with Crippen LogP contribution in [0, 0.1) is 22.0 Å². The number of nitrogens with one attached hydrogen (secondary N) is 2. The highest BCUT2D eigenvalue weighted by atomic mass is 32.2. The SMILES string of the molecule is CNC(=O)OC(C)c1cc(OC)c(OCCCC(=O)NCCN2C(=O)CC(SC3C(C)CC3C)C2=O)cc1[N+](=O)[O-]. The van der Waals surface area contributed by atoms with Crippen molar-refractivity contribution >= 4 is 41.3 Å². The summed E-state index contributed by atoms with van der Waals surface area (Å²) in [5, 5.41) is 16.7. The predicted octanol–water partition coefficient (Wildman–Crippen LogP) is 3.20. The number of ether oxygens (including phenoxy) is 3. The number of nitro groups is 1. The Balaban J connectivity index is 1.44. The van der Waals surface area contributed by atoms with E-state index < -0.39 is 17.1 Å². The zero-order chi connectivity index (χ0) is 30.3. The van der Waals surface area contributed by atoms with Crippen LogP contribution in [0.4, 0.5) is 10.5 Å². The lowest BCUT2D eigenvalue weighted by Crippen LogP contribution is -2.40. The third-order valence-electron chi connectivity index (χ3n) is 7.29. The Morgan fingerprint density at radius 2 is 1.93 bits per heavy atom. The van der Waals surface area contributed by atoms with Gasteiger partial charge in [-0.15, -0.1) is 11.8 Å². The summed E-state index contributed by atoms with van der Waals surface area (Å²) in [6.45, 7) is 6.19. The normalized spacial score (nSPS) is 22.5. The molecule has 1 aliphatic heterocycles. The minimum atomic E-state index is -0.923. The van der Waals surface area contributed by atoms with Crippen LogP contribution < -0.4 is 20.1 Å². The molecule has 1 saturated heterocycles. The Bertz CT molecular complexity index is 1160. The van der Waals surface area contributed by atoms with Crippen molar-refractivity contribution in [1.29, 1.82) is 0 Å². The molecule has 41 heavy (non-hydrogen) atoms. The van der Waals surface area contributed by atoms with Gasteiger partial charge in [-0.3, -0.25) is 29.4 Å². The molecule has 0 bridgehead atoms. The Morgan fingerprint density at radius 3 is 2.54 bits per heavy atom. The first-order valence-electron chi connectivity index (χ1n) is 13.6. The van der Waals surface area contributed by atoms with Crippen LogP contribution in [0.15, 0.2) is 12.1 Å². The molecule has 0 spiro atoms. The molecule has 2 N–H and O–H groups in total. The van der Waals surface area contributed by atoms with Gasteiger partial charge in [0.05, 0.1) is 35.5 Å². The maximum absolute atomic E-state index is 12.7. The van der Waals surface area contributed by atoms with Crippen LogP contribution in [0.2, 0.25) is 0 Å². The molecule has 1 heterocycles. The van der Waals surface area contributed by atoms with E-state index in [1.807, 2.05) is 0 Å². The molecule has 1 aromatic carbocycles. The van der Waals surface area contributed by atoms with Gasteiger partial charge in [-0.05, 0) is 37.7 Å². The number of methoxy groups -OCH3 is 1. The van der Waals surface area contributed by atoms with E-state index in [1.165, 1.54) is 38.1 Å². The molecular weight excluding hydrogens is 556 g/mol. The third-order valence-corrected chi connectivity index (χ3v) is 9.23. The van der Waals surface area contributed by atoms with Gasteiger partial charge in [0.1, 0.15) is 6.10 Å². The van der Waals surface area contributed by atoms with E-state index in [4.69, 9.17) is 14.2 Å². The van der Waals surface area contributed by atoms with Crippen molar-refractivity contribution in [3.63, 3.8) is 0 Å². The van der Waals surface area contributed by atoms with E-state index in [1.54, 1.807) is 11.8 Å². The van der Waals surface area contributed by atoms with Gasteiger partial charge in [0.2, 0.25) is 17.7 Å². The van der Waals surface area contributed by atoms with Crippen LogP contribution in [0.1, 0.15) is 58.1 Å². The first-order valence-corrected chi connectivity index (χ1v) is 14.5. The Morgan fingerprint density at radius 1 is 1.22 bits per heavy atom. The molecular formula is C27H38N4O9S. The minimum Gasteiger partial charge on any atom is -0.493 e. The average molecular weight is 595 g/mol. The summed E-state index contributed by atoms with van der Waals surface area (Å²) in [6.07, 6.45) is 0.0957. The number of hydrogen-bond acceptors (Lipinski definition) is 10. The van der Waals surface area contributed by atoms with Gasteiger partial charge in [0, 0.05) is 38.2 Å². The lowest BCUT2D eigenvalue weighted by Gasteiger charge is -2.41. The second-order valence-electron chi connectivity index (χ2n) is 10.3. The van der Waals surface area contributed by atoms with Crippen molar-refractivity contribution in [1.82, 2.24) is 15.5 Å². The summed E-state index contributed by atoms with van der Waals surface area (Å²) in [5.41, 5.74) is -0.174. The quantitative estimate of drug-likeness (QED) is 0.141. The second kappa shape index (κ2) is 14.4. The van der Waals surface area contributed by atoms with Crippen molar-refractivity contribution < 1.29 is 38.3 Å². The lowest BCUT2D eigenvalue weighted by molar-refractivity contribution is -0.386. The summed E-state index contributed by atoms with van der Waals surface area (Å²) in [5.74, 6) is 0.744. The highest BCUT2D eigenvalue weighted by Gasteiger charge is 2.44. The van der Waals surface area contributed by atoms with E-state index in [9.17, 15) is 29.3 Å². The highest BCUT2D eigenvalue weighted by Crippen LogP contribution is 2.45. The molecule has 226 valence electrons. The fraction of sp³-hybridized carbons (Fsp3) is 0.630. The van der Waals surface area contributed by atoms with Crippen molar-refractivity contribution in [2.75, 3.05) is 33.9 Å². The molecule has 4 unspecified atom stereocenters. The molecule has 2 fully saturated rings. The van der Waals surface area contributed by atoms with Gasteiger partial charge in [0.25, 0.3) is 5.69 Å². The molecule has 4 amide bonds. The molecule has 0 aromatic heterocycles. The lowest BCUT2D eigenvalue weighted by atomic mass is 9.77. The van der Waals surface area contributed by atoms with Crippen molar-refractivity contribution in [2.24, 2.45) is 11.8 Å². The number of carbonyl (C=O) groups is 4. The standard InChI is InChI=1S/C27H38N4O9S/c1-15-11-16(2)25(15)41-22-14-24(33)30(26(22)34)9-8-29-23(32)7-6-10-39-21-13-19(31(36)37)18(12-20(21)38-5)17(3)40-27(35)28-4/h12-13,15-17,22,25H,6-11,14H2,1-5H3,(H,28,35)(H,29,32). The monoisotopic (exact) mass is 594 g/mol. The van der Waals surface area contributed by atoms with Gasteiger partial charge in [0.15, 0.2) is 11.5 Å². The van der Waals surface area contributed by atoms with E-state index >= 15 is 0 Å². The third kappa shape index (κ3) is 8.02. The number of carbonyl (C=O) groups excluding carboxylic acids is 4. The minimum absolute atomic E-state index is 0.0740. The number of nitro benzene ring substituents is 1. The van der Waals surface area contributed by atoms with Crippen LogP contribution in [0.25, 0.3) is 0 Å². The van der Waals surface area contributed by atoms with Gasteiger partial charge in [-0.2, -0.15) is 0 Å². The van der Waals surface area contributed by atoms with Crippen LogP contribution >= 0.6 is 11.8 Å². The second-order valence-corrected chi connectivity index (χ2v) is 11.7. The van der Waals surface area contributed by atoms with Gasteiger partial charge >= 0.3 is 6.09 Å². The zero-order valence-corrected chi connectivity index (χ0v) is 24.8. The van der Waals surface area contributed by atoms with Crippen LogP contribution in [0.5, 0.6) is 11.5 Å². The Hall–Kier alpha value is -3.55. The first-order chi connectivity index (χ1) is 19.5. The number of imide groups is 1. The number of benzene rings is 1. The molecule has 1 saturated carbocycles. The molecule has 0 radical (unpaired) electrons. The van der Waals surface area contributed by atoms with E-state index in [2.05, 4.69) is 24.5 Å². The maximum Gasteiger partial charge on any atom is 0.407 e. The number of hydrogen-bond donors (Lipinski definition) is 2. The fourth-order valence-electron chi connectivity index (χ4n) is 5.09. The fourth-order valence-corrected chi connectivity index (χ4v) is 6.71. The van der Waals surface area contributed by atoms with E-state index in [0.717, 1.165) is 6.42 Å². The van der Waals surface area contributed by atoms with E-state index in [0.29, 0.717) is 23.5 Å². The summed E-state index contributed by atoms with van der Waals surface area (Å²) in [4.78, 5) is 61.3. The predicted molar refractivity (Wildman–Crippen MR) is 151 cm³/mol. The summed E-state index contributed by atoms with van der Waals surface area (Å²) in [6, 6.07) is 2.57. The highest BCUT2D eigenvalue weighted by molar-refractivity contribution is 8.01. The smallest absolute Gasteiger partial charge is 0.407 e. The summed E-state index contributed by atoms with van der Waals surface area (Å²) >= 11 is 1.61. The van der Waals surface area contributed by atoms with Gasteiger partial charge < -0.3 is 24.8 Å². The number of alkyl carbamates (subject to hydrolysis) is 1. The molecule has 13 nitrogen and oxygen atoms in total.